The van der Waals surface area contributed by atoms with Gasteiger partial charge in [0.15, 0.2) is 0 Å². The second-order valence-corrected chi connectivity index (χ2v) is 10.6. The molecular formula is C24H24BrN3O3S. The number of hydrogen-bond donors (Lipinski definition) is 1. The second kappa shape index (κ2) is 8.26. The lowest BCUT2D eigenvalue weighted by Crippen LogP contribution is -2.21. The maximum Gasteiger partial charge on any atom is 0.275 e. The average Bonchev–Trinajstić information content (AvgIpc) is 2.98. The number of sulfonamides is 1. The van der Waals surface area contributed by atoms with Crippen molar-refractivity contribution in [1.82, 2.24) is 9.36 Å². The molecule has 0 aliphatic rings. The van der Waals surface area contributed by atoms with Gasteiger partial charge in [0, 0.05) is 28.2 Å². The third-order valence-electron chi connectivity index (χ3n) is 5.68. The van der Waals surface area contributed by atoms with Crippen LogP contribution in [0.5, 0.6) is 0 Å². The van der Waals surface area contributed by atoms with E-state index in [4.69, 9.17) is 0 Å². The maximum atomic E-state index is 13.1. The van der Waals surface area contributed by atoms with Crippen molar-refractivity contribution in [2.45, 2.75) is 31.6 Å². The summed E-state index contributed by atoms with van der Waals surface area (Å²) in [6, 6.07) is 17.5. The van der Waals surface area contributed by atoms with Gasteiger partial charge in [-0.2, -0.15) is 0 Å². The largest absolute Gasteiger partial charge is 0.285 e. The van der Waals surface area contributed by atoms with E-state index < -0.39 is 10.0 Å². The van der Waals surface area contributed by atoms with E-state index in [9.17, 15) is 13.2 Å². The molecule has 166 valence electrons. The topological polar surface area (TPSA) is 73.1 Å². The van der Waals surface area contributed by atoms with Crippen LogP contribution in [0.25, 0.3) is 16.5 Å². The fourth-order valence-electron chi connectivity index (χ4n) is 4.01. The van der Waals surface area contributed by atoms with Crippen molar-refractivity contribution in [3.63, 3.8) is 0 Å². The first-order valence-corrected chi connectivity index (χ1v) is 12.5. The van der Waals surface area contributed by atoms with E-state index in [1.165, 1.54) is 12.1 Å². The maximum absolute atomic E-state index is 13.1. The van der Waals surface area contributed by atoms with E-state index in [0.29, 0.717) is 11.4 Å². The van der Waals surface area contributed by atoms with Crippen LogP contribution in [0.15, 0.2) is 74.8 Å². The molecule has 0 spiro atoms. The third kappa shape index (κ3) is 3.78. The molecule has 0 aliphatic heterocycles. The van der Waals surface area contributed by atoms with Gasteiger partial charge in [-0.25, -0.2) is 13.1 Å². The summed E-state index contributed by atoms with van der Waals surface area (Å²) in [5.41, 5.74) is 2.68. The SMILES string of the molecule is Cc1c(C(C)C)c(=O)n(-c2ccc(S(=O)(=O)Nc3ccc(Br)c4ccccc34)cc2)n1C. The summed E-state index contributed by atoms with van der Waals surface area (Å²) in [6.07, 6.45) is 0. The minimum absolute atomic E-state index is 0.0879. The number of anilines is 1. The molecule has 0 bridgehead atoms. The molecule has 0 radical (unpaired) electrons. The minimum Gasteiger partial charge on any atom is -0.285 e. The van der Waals surface area contributed by atoms with Gasteiger partial charge in [-0.05, 0) is 54.6 Å². The second-order valence-electron chi connectivity index (χ2n) is 8.03. The zero-order valence-corrected chi connectivity index (χ0v) is 20.7. The Morgan fingerprint density at radius 3 is 2.16 bits per heavy atom. The lowest BCUT2D eigenvalue weighted by molar-refractivity contribution is 0.601. The van der Waals surface area contributed by atoms with Crippen molar-refractivity contribution < 1.29 is 8.42 Å². The molecule has 0 fully saturated rings. The zero-order chi connectivity index (χ0) is 23.2. The Morgan fingerprint density at radius 1 is 0.938 bits per heavy atom. The smallest absolute Gasteiger partial charge is 0.275 e. The van der Waals surface area contributed by atoms with Crippen molar-refractivity contribution in [2.75, 3.05) is 4.72 Å². The number of rotatable bonds is 5. The zero-order valence-electron chi connectivity index (χ0n) is 18.3. The van der Waals surface area contributed by atoms with Crippen molar-refractivity contribution in [3.8, 4) is 5.69 Å². The van der Waals surface area contributed by atoms with Crippen LogP contribution in [0, 0.1) is 6.92 Å². The first-order valence-electron chi connectivity index (χ1n) is 10.2. The summed E-state index contributed by atoms with van der Waals surface area (Å²) in [5.74, 6) is 0.0968. The van der Waals surface area contributed by atoms with E-state index in [1.807, 2.05) is 58.2 Å². The molecule has 0 aliphatic carbocycles. The van der Waals surface area contributed by atoms with Crippen LogP contribution in [0.4, 0.5) is 5.69 Å². The number of halogens is 1. The Balaban J connectivity index is 1.71. The van der Waals surface area contributed by atoms with Crippen LogP contribution in [0.3, 0.4) is 0 Å². The Hall–Kier alpha value is -2.84. The molecule has 1 aromatic heterocycles. The van der Waals surface area contributed by atoms with E-state index in [-0.39, 0.29) is 16.4 Å². The Morgan fingerprint density at radius 2 is 1.56 bits per heavy atom. The van der Waals surface area contributed by atoms with Crippen molar-refractivity contribution in [3.05, 3.63) is 86.7 Å². The van der Waals surface area contributed by atoms with Gasteiger partial charge in [-0.3, -0.25) is 14.2 Å². The summed E-state index contributed by atoms with van der Waals surface area (Å²) in [7, 11) is -1.99. The fourth-order valence-corrected chi connectivity index (χ4v) is 5.56. The van der Waals surface area contributed by atoms with Crippen LogP contribution in [-0.2, 0) is 17.1 Å². The predicted octanol–water partition coefficient (Wildman–Crippen LogP) is 5.32. The van der Waals surface area contributed by atoms with Gasteiger partial charge in [0.2, 0.25) is 0 Å². The van der Waals surface area contributed by atoms with Gasteiger partial charge in [-0.1, -0.05) is 54.0 Å². The Labute approximate surface area is 195 Å². The molecule has 32 heavy (non-hydrogen) atoms. The number of fused-ring (bicyclic) bond motifs is 1. The van der Waals surface area contributed by atoms with Gasteiger partial charge < -0.3 is 0 Å². The third-order valence-corrected chi connectivity index (χ3v) is 7.76. The van der Waals surface area contributed by atoms with Gasteiger partial charge in [0.05, 0.1) is 16.3 Å². The summed E-state index contributed by atoms with van der Waals surface area (Å²) in [5, 5.41) is 1.72. The van der Waals surface area contributed by atoms with Crippen molar-refractivity contribution in [2.24, 2.45) is 7.05 Å². The molecule has 1 heterocycles. The van der Waals surface area contributed by atoms with Crippen LogP contribution < -0.4 is 10.3 Å². The Bertz CT molecular complexity index is 1480. The average molecular weight is 514 g/mol. The van der Waals surface area contributed by atoms with Gasteiger partial charge >= 0.3 is 0 Å². The first kappa shape index (κ1) is 22.4. The summed E-state index contributed by atoms with van der Waals surface area (Å²) < 4.78 is 33.1. The van der Waals surface area contributed by atoms with Crippen LogP contribution in [0.1, 0.15) is 31.0 Å². The van der Waals surface area contributed by atoms with Gasteiger partial charge in [0.1, 0.15) is 0 Å². The number of nitrogens with one attached hydrogen (secondary N) is 1. The minimum atomic E-state index is -3.81. The highest BCUT2D eigenvalue weighted by molar-refractivity contribution is 9.10. The first-order chi connectivity index (χ1) is 15.1. The number of aromatic nitrogens is 2. The van der Waals surface area contributed by atoms with Crippen molar-refractivity contribution >= 4 is 42.4 Å². The number of nitrogens with zero attached hydrogens (tertiary/aromatic N) is 2. The van der Waals surface area contributed by atoms with Crippen LogP contribution in [-0.4, -0.2) is 17.8 Å². The van der Waals surface area contributed by atoms with E-state index in [0.717, 1.165) is 26.5 Å². The fraction of sp³-hybridized carbons (Fsp3) is 0.208. The highest BCUT2D eigenvalue weighted by Gasteiger charge is 2.20. The molecule has 0 saturated carbocycles. The normalized spacial score (nSPS) is 11.9. The summed E-state index contributed by atoms with van der Waals surface area (Å²) in [6.45, 7) is 5.89. The number of benzene rings is 3. The lowest BCUT2D eigenvalue weighted by Gasteiger charge is -2.13. The molecule has 1 N–H and O–H groups in total. The number of hydrogen-bond acceptors (Lipinski definition) is 3. The predicted molar refractivity (Wildman–Crippen MR) is 132 cm³/mol. The highest BCUT2D eigenvalue weighted by Crippen LogP contribution is 2.31. The molecule has 3 aromatic carbocycles. The molecular weight excluding hydrogens is 490 g/mol. The van der Waals surface area contributed by atoms with Crippen LogP contribution >= 0.6 is 15.9 Å². The van der Waals surface area contributed by atoms with Gasteiger partial charge in [-0.15, -0.1) is 0 Å². The highest BCUT2D eigenvalue weighted by atomic mass is 79.9. The summed E-state index contributed by atoms with van der Waals surface area (Å²) in [4.78, 5) is 13.1. The lowest BCUT2D eigenvalue weighted by atomic mass is 10.0. The molecule has 0 amide bonds. The van der Waals surface area contributed by atoms with E-state index >= 15 is 0 Å². The molecule has 0 atom stereocenters. The Kier molecular flexibility index (Phi) is 5.77. The monoisotopic (exact) mass is 513 g/mol. The van der Waals surface area contributed by atoms with Gasteiger partial charge in [0.25, 0.3) is 15.6 Å². The van der Waals surface area contributed by atoms with E-state index in [1.54, 1.807) is 27.6 Å². The van der Waals surface area contributed by atoms with Crippen LogP contribution in [0.2, 0.25) is 0 Å². The van der Waals surface area contributed by atoms with Crippen molar-refractivity contribution in [1.29, 1.82) is 0 Å². The molecule has 4 rings (SSSR count). The molecule has 6 nitrogen and oxygen atoms in total. The summed E-state index contributed by atoms with van der Waals surface area (Å²) >= 11 is 3.51. The standard InChI is InChI=1S/C24H24BrN3O3S/c1-15(2)23-16(3)27(4)28(24(23)29)17-9-11-18(12-10-17)32(30,31)26-22-14-13-21(25)19-7-5-6-8-20(19)22/h5-15,26H,1-4H3. The molecule has 0 saturated heterocycles. The van der Waals surface area contributed by atoms with E-state index in [2.05, 4.69) is 20.7 Å². The molecule has 0 unspecified atom stereocenters. The molecule has 8 heteroatoms. The quantitative estimate of drug-likeness (QED) is 0.392. The molecule has 4 aromatic rings.